The van der Waals surface area contributed by atoms with E-state index in [2.05, 4.69) is 30.7 Å². The Labute approximate surface area is 154 Å². The fraction of sp³-hybridized carbons (Fsp3) is 0.556. The lowest BCUT2D eigenvalue weighted by molar-refractivity contribution is 0.201. The van der Waals surface area contributed by atoms with E-state index in [1.54, 1.807) is 11.0 Å². The molecule has 8 heteroatoms. The Balaban J connectivity index is 1.53. The minimum absolute atomic E-state index is 0.330. The molecule has 0 amide bonds. The molecule has 2 N–H and O–H groups in total. The number of aryl methyl sites for hydroxylation is 1. The van der Waals surface area contributed by atoms with E-state index in [0.717, 1.165) is 36.7 Å². The average Bonchev–Trinajstić information content (AvgIpc) is 3.30. The van der Waals surface area contributed by atoms with E-state index in [4.69, 9.17) is 4.74 Å². The lowest BCUT2D eigenvalue weighted by Crippen LogP contribution is -2.37. The Bertz CT molecular complexity index is 705. The molecule has 0 unspecified atom stereocenters. The summed E-state index contributed by atoms with van der Waals surface area (Å²) in [5, 5.41) is 10.6. The highest BCUT2D eigenvalue weighted by atomic mass is 16.5. The van der Waals surface area contributed by atoms with E-state index in [1.165, 1.54) is 12.8 Å². The minimum Gasteiger partial charge on any atom is -0.474 e. The zero-order valence-corrected chi connectivity index (χ0v) is 15.5. The van der Waals surface area contributed by atoms with Crippen molar-refractivity contribution in [3.8, 4) is 5.88 Å². The topological polar surface area (TPSA) is 89.2 Å². The Morgan fingerprint density at radius 3 is 2.77 bits per heavy atom. The van der Waals surface area contributed by atoms with E-state index in [1.807, 2.05) is 32.3 Å². The molecule has 0 spiro atoms. The summed E-state index contributed by atoms with van der Waals surface area (Å²) in [6.45, 7) is 3.94. The van der Waals surface area contributed by atoms with Crippen LogP contribution in [0.25, 0.3) is 0 Å². The first-order valence-corrected chi connectivity index (χ1v) is 9.21. The highest BCUT2D eigenvalue weighted by Crippen LogP contribution is 2.22. The van der Waals surface area contributed by atoms with E-state index in [-0.39, 0.29) is 0 Å². The van der Waals surface area contributed by atoms with Gasteiger partial charge in [0.15, 0.2) is 5.96 Å². The van der Waals surface area contributed by atoms with Crippen molar-refractivity contribution in [3.05, 3.63) is 36.0 Å². The van der Waals surface area contributed by atoms with Crippen molar-refractivity contribution in [2.75, 3.05) is 6.54 Å². The van der Waals surface area contributed by atoms with Crippen LogP contribution < -0.4 is 15.4 Å². The highest BCUT2D eigenvalue weighted by Gasteiger charge is 2.16. The van der Waals surface area contributed by atoms with Crippen molar-refractivity contribution in [3.63, 3.8) is 0 Å². The fourth-order valence-corrected chi connectivity index (χ4v) is 2.91. The van der Waals surface area contributed by atoms with Gasteiger partial charge in [-0.1, -0.05) is 6.07 Å². The normalized spacial score (nSPS) is 15.2. The summed E-state index contributed by atoms with van der Waals surface area (Å²) < 4.78 is 7.64. The maximum atomic E-state index is 5.90. The number of nitrogens with one attached hydrogen (secondary N) is 2. The van der Waals surface area contributed by atoms with Crippen molar-refractivity contribution in [1.29, 1.82) is 0 Å². The van der Waals surface area contributed by atoms with Crippen LogP contribution in [0.2, 0.25) is 0 Å². The largest absolute Gasteiger partial charge is 0.474 e. The predicted octanol–water partition coefficient (Wildman–Crippen LogP) is 1.79. The first-order chi connectivity index (χ1) is 12.7. The number of nitrogens with zero attached hydrogens (tertiary/aromatic N) is 5. The molecule has 1 aliphatic rings. The number of aliphatic imine (C=N–C) groups is 1. The third kappa shape index (κ3) is 5.18. The number of hydrogen-bond acceptors (Lipinski definition) is 5. The summed E-state index contributed by atoms with van der Waals surface area (Å²) in [5.41, 5.74) is 1.04. The Morgan fingerprint density at radius 2 is 2.12 bits per heavy atom. The van der Waals surface area contributed by atoms with Crippen LogP contribution in [0.4, 0.5) is 0 Å². The number of ether oxygens (including phenoxy) is 1. The standard InChI is InChI=1S/C18H27N7O/c1-3-19-18(22-12-16-23-13-24-25(16)2)21-11-14-8-9-17(20-10-14)26-15-6-4-5-7-15/h8-10,13,15H,3-7,11-12H2,1-2H3,(H2,19,21,22). The smallest absolute Gasteiger partial charge is 0.213 e. The third-order valence-corrected chi connectivity index (χ3v) is 4.37. The summed E-state index contributed by atoms with van der Waals surface area (Å²) in [4.78, 5) is 13.2. The van der Waals surface area contributed by atoms with Crippen LogP contribution in [-0.2, 0) is 20.1 Å². The molecule has 1 aliphatic carbocycles. The molecule has 2 aromatic heterocycles. The molecule has 0 bridgehead atoms. The Morgan fingerprint density at radius 1 is 1.27 bits per heavy atom. The van der Waals surface area contributed by atoms with Gasteiger partial charge in [-0.2, -0.15) is 5.10 Å². The van der Waals surface area contributed by atoms with Gasteiger partial charge in [-0.15, -0.1) is 0 Å². The number of aromatic nitrogens is 4. The lowest BCUT2D eigenvalue weighted by Gasteiger charge is -2.12. The molecule has 0 aliphatic heterocycles. The monoisotopic (exact) mass is 357 g/mol. The second-order valence-electron chi connectivity index (χ2n) is 6.38. The van der Waals surface area contributed by atoms with Crippen LogP contribution in [0.3, 0.4) is 0 Å². The van der Waals surface area contributed by atoms with Crippen LogP contribution >= 0.6 is 0 Å². The van der Waals surface area contributed by atoms with E-state index in [0.29, 0.717) is 25.1 Å². The average molecular weight is 357 g/mol. The lowest BCUT2D eigenvalue weighted by atomic mass is 10.3. The Kier molecular flexibility index (Phi) is 6.40. The molecule has 1 fully saturated rings. The molecule has 2 aromatic rings. The first-order valence-electron chi connectivity index (χ1n) is 9.21. The second kappa shape index (κ2) is 9.17. The van der Waals surface area contributed by atoms with Crippen molar-refractivity contribution in [2.45, 2.75) is 51.8 Å². The molecule has 0 atom stereocenters. The van der Waals surface area contributed by atoms with E-state index in [9.17, 15) is 0 Å². The second-order valence-corrected chi connectivity index (χ2v) is 6.38. The fourth-order valence-electron chi connectivity index (χ4n) is 2.91. The molecule has 26 heavy (non-hydrogen) atoms. The maximum absolute atomic E-state index is 5.90. The van der Waals surface area contributed by atoms with E-state index < -0.39 is 0 Å². The molecule has 0 saturated heterocycles. The maximum Gasteiger partial charge on any atom is 0.213 e. The van der Waals surface area contributed by atoms with Gasteiger partial charge < -0.3 is 15.4 Å². The quantitative estimate of drug-likeness (QED) is 0.580. The van der Waals surface area contributed by atoms with Crippen molar-refractivity contribution < 1.29 is 4.74 Å². The summed E-state index contributed by atoms with van der Waals surface area (Å²) in [7, 11) is 1.87. The molecule has 0 aromatic carbocycles. The van der Waals surface area contributed by atoms with Gasteiger partial charge in [0.05, 0.1) is 13.1 Å². The zero-order valence-electron chi connectivity index (χ0n) is 15.5. The van der Waals surface area contributed by atoms with Crippen LogP contribution in [-0.4, -0.2) is 38.4 Å². The van der Waals surface area contributed by atoms with Gasteiger partial charge >= 0.3 is 0 Å². The third-order valence-electron chi connectivity index (χ3n) is 4.37. The number of guanidine groups is 1. The summed E-state index contributed by atoms with van der Waals surface area (Å²) in [6, 6.07) is 3.95. The van der Waals surface area contributed by atoms with Gasteiger partial charge in [0.25, 0.3) is 0 Å². The van der Waals surface area contributed by atoms with Gasteiger partial charge in [-0.3, -0.25) is 4.68 Å². The number of hydrogen-bond donors (Lipinski definition) is 2. The highest BCUT2D eigenvalue weighted by molar-refractivity contribution is 5.79. The number of rotatable bonds is 7. The summed E-state index contributed by atoms with van der Waals surface area (Å²) in [5.74, 6) is 2.30. The molecular weight excluding hydrogens is 330 g/mol. The van der Waals surface area contributed by atoms with Gasteiger partial charge in [-0.05, 0) is 38.2 Å². The molecule has 3 rings (SSSR count). The molecule has 1 saturated carbocycles. The molecule has 2 heterocycles. The zero-order chi connectivity index (χ0) is 18.2. The van der Waals surface area contributed by atoms with Crippen LogP contribution in [0.5, 0.6) is 5.88 Å². The van der Waals surface area contributed by atoms with Gasteiger partial charge in [0, 0.05) is 25.9 Å². The van der Waals surface area contributed by atoms with Crippen LogP contribution in [0.15, 0.2) is 29.6 Å². The van der Waals surface area contributed by atoms with Gasteiger partial charge in [0.2, 0.25) is 5.88 Å². The molecule has 8 nitrogen and oxygen atoms in total. The minimum atomic E-state index is 0.330. The SMILES string of the molecule is CCNC(=NCc1ccc(OC2CCCC2)nc1)NCc1ncnn1C. The van der Waals surface area contributed by atoms with Crippen LogP contribution in [0.1, 0.15) is 44.0 Å². The molecular formula is C18H27N7O. The number of pyridine rings is 1. The first kappa shape index (κ1) is 18.2. The van der Waals surface area contributed by atoms with Gasteiger partial charge in [0.1, 0.15) is 18.3 Å². The van der Waals surface area contributed by atoms with Crippen molar-refractivity contribution in [1.82, 2.24) is 30.4 Å². The van der Waals surface area contributed by atoms with Gasteiger partial charge in [-0.25, -0.2) is 15.0 Å². The van der Waals surface area contributed by atoms with Crippen molar-refractivity contribution in [2.24, 2.45) is 12.0 Å². The Hall–Kier alpha value is -2.64. The van der Waals surface area contributed by atoms with E-state index >= 15 is 0 Å². The van der Waals surface area contributed by atoms with Crippen LogP contribution in [0, 0.1) is 0 Å². The summed E-state index contributed by atoms with van der Waals surface area (Å²) in [6.07, 6.45) is 8.49. The molecule has 140 valence electrons. The summed E-state index contributed by atoms with van der Waals surface area (Å²) >= 11 is 0. The van der Waals surface area contributed by atoms with Crippen molar-refractivity contribution >= 4 is 5.96 Å². The molecule has 0 radical (unpaired) electrons. The predicted molar refractivity (Wildman–Crippen MR) is 99.8 cm³/mol.